The van der Waals surface area contributed by atoms with Gasteiger partial charge in [-0.15, -0.1) is 0 Å². The van der Waals surface area contributed by atoms with Crippen LogP contribution in [-0.2, 0) is 18.0 Å². The summed E-state index contributed by atoms with van der Waals surface area (Å²) in [6, 6.07) is 10.5. The van der Waals surface area contributed by atoms with Gasteiger partial charge in [-0.25, -0.2) is 4.68 Å². The number of ether oxygens (including phenoxy) is 1. The standard InChI is InChI=1S/C20H25N5O2/c1-15-16(2)22-25(20(26)19(15)12-21)14-23(3)13-17-4-6-18(7-5-17)24-8-10-27-11-9-24/h4-7H,8-11,13-14H2,1-3H3. The van der Waals surface area contributed by atoms with Gasteiger partial charge in [-0.1, -0.05) is 12.1 Å². The van der Waals surface area contributed by atoms with Crippen molar-refractivity contribution in [2.75, 3.05) is 38.3 Å². The second-order valence-electron chi connectivity index (χ2n) is 6.92. The van der Waals surface area contributed by atoms with Crippen molar-refractivity contribution < 1.29 is 4.74 Å². The highest BCUT2D eigenvalue weighted by atomic mass is 16.5. The lowest BCUT2D eigenvalue weighted by molar-refractivity contribution is 0.122. The van der Waals surface area contributed by atoms with Gasteiger partial charge in [0.15, 0.2) is 0 Å². The first-order valence-electron chi connectivity index (χ1n) is 9.08. The summed E-state index contributed by atoms with van der Waals surface area (Å²) in [6.45, 7) is 7.97. The van der Waals surface area contributed by atoms with Gasteiger partial charge in [0.2, 0.25) is 0 Å². The van der Waals surface area contributed by atoms with Crippen LogP contribution in [0.25, 0.3) is 0 Å². The van der Waals surface area contributed by atoms with Gasteiger partial charge in [-0.05, 0) is 44.2 Å². The van der Waals surface area contributed by atoms with E-state index < -0.39 is 0 Å². The molecule has 0 atom stereocenters. The molecular formula is C20H25N5O2. The van der Waals surface area contributed by atoms with E-state index >= 15 is 0 Å². The second kappa shape index (κ2) is 8.33. The number of nitrogens with zero attached hydrogens (tertiary/aromatic N) is 5. The minimum Gasteiger partial charge on any atom is -0.378 e. The van der Waals surface area contributed by atoms with Crippen molar-refractivity contribution in [3.05, 3.63) is 57.0 Å². The number of hydrogen-bond donors (Lipinski definition) is 0. The molecule has 0 saturated carbocycles. The zero-order valence-electron chi connectivity index (χ0n) is 16.1. The fourth-order valence-corrected chi connectivity index (χ4v) is 3.22. The fourth-order valence-electron chi connectivity index (χ4n) is 3.22. The average Bonchev–Trinajstić information content (AvgIpc) is 2.68. The molecule has 7 nitrogen and oxygen atoms in total. The molecule has 7 heteroatoms. The predicted octanol–water partition coefficient (Wildman–Crippen LogP) is 1.66. The Bertz CT molecular complexity index is 892. The zero-order valence-corrected chi connectivity index (χ0v) is 16.1. The largest absolute Gasteiger partial charge is 0.378 e. The summed E-state index contributed by atoms with van der Waals surface area (Å²) in [5.41, 5.74) is 3.55. The Hall–Kier alpha value is -2.69. The fraction of sp³-hybridized carbons (Fsp3) is 0.450. The topological polar surface area (TPSA) is 74.4 Å². The first-order valence-corrected chi connectivity index (χ1v) is 9.08. The number of anilines is 1. The highest BCUT2D eigenvalue weighted by molar-refractivity contribution is 5.47. The van der Waals surface area contributed by atoms with Crippen LogP contribution in [0.15, 0.2) is 29.1 Å². The molecule has 0 aliphatic carbocycles. The molecule has 0 bridgehead atoms. The maximum Gasteiger partial charge on any atom is 0.286 e. The Morgan fingerprint density at radius 2 is 1.89 bits per heavy atom. The van der Waals surface area contributed by atoms with Crippen molar-refractivity contribution in [1.29, 1.82) is 5.26 Å². The van der Waals surface area contributed by atoms with E-state index in [-0.39, 0.29) is 11.1 Å². The Balaban J connectivity index is 1.68. The van der Waals surface area contributed by atoms with E-state index in [4.69, 9.17) is 4.74 Å². The maximum atomic E-state index is 12.4. The van der Waals surface area contributed by atoms with Gasteiger partial charge in [-0.3, -0.25) is 9.69 Å². The summed E-state index contributed by atoms with van der Waals surface area (Å²) in [5.74, 6) is 0. The van der Waals surface area contributed by atoms with Crippen LogP contribution in [0.5, 0.6) is 0 Å². The molecule has 1 fully saturated rings. The molecule has 0 N–H and O–H groups in total. The second-order valence-corrected chi connectivity index (χ2v) is 6.92. The first-order chi connectivity index (χ1) is 13.0. The molecule has 1 saturated heterocycles. The van der Waals surface area contributed by atoms with Crippen LogP contribution in [-0.4, -0.2) is 48.0 Å². The van der Waals surface area contributed by atoms with E-state index in [0.29, 0.717) is 24.5 Å². The molecule has 27 heavy (non-hydrogen) atoms. The number of hydrogen-bond acceptors (Lipinski definition) is 6. The van der Waals surface area contributed by atoms with E-state index in [2.05, 4.69) is 34.3 Å². The van der Waals surface area contributed by atoms with E-state index in [9.17, 15) is 10.1 Å². The van der Waals surface area contributed by atoms with E-state index in [0.717, 1.165) is 31.9 Å². The molecule has 2 heterocycles. The van der Waals surface area contributed by atoms with Gasteiger partial charge in [0.1, 0.15) is 11.6 Å². The molecule has 0 spiro atoms. The molecule has 0 amide bonds. The van der Waals surface area contributed by atoms with Gasteiger partial charge in [0.05, 0.1) is 25.6 Å². The predicted molar refractivity (Wildman–Crippen MR) is 104 cm³/mol. The molecule has 0 radical (unpaired) electrons. The molecule has 1 aromatic carbocycles. The number of rotatable bonds is 5. The third kappa shape index (κ3) is 4.35. The summed E-state index contributed by atoms with van der Waals surface area (Å²) in [7, 11) is 1.94. The molecule has 1 aromatic heterocycles. The maximum absolute atomic E-state index is 12.4. The van der Waals surface area contributed by atoms with Crippen LogP contribution in [0, 0.1) is 25.2 Å². The molecule has 142 valence electrons. The highest BCUT2D eigenvalue weighted by Gasteiger charge is 2.14. The van der Waals surface area contributed by atoms with Crippen molar-refractivity contribution in [2.24, 2.45) is 0 Å². The van der Waals surface area contributed by atoms with Gasteiger partial charge in [-0.2, -0.15) is 10.4 Å². The minimum atomic E-state index is -0.338. The molecule has 3 rings (SSSR count). The van der Waals surface area contributed by atoms with Crippen LogP contribution < -0.4 is 10.5 Å². The van der Waals surface area contributed by atoms with Crippen molar-refractivity contribution in [3.8, 4) is 6.07 Å². The van der Waals surface area contributed by atoms with Crippen molar-refractivity contribution >= 4 is 5.69 Å². The highest BCUT2D eigenvalue weighted by Crippen LogP contribution is 2.17. The lowest BCUT2D eigenvalue weighted by Crippen LogP contribution is -2.36. The van der Waals surface area contributed by atoms with Gasteiger partial charge in [0.25, 0.3) is 5.56 Å². The normalized spacial score (nSPS) is 14.4. The van der Waals surface area contributed by atoms with E-state index in [1.807, 2.05) is 24.9 Å². The van der Waals surface area contributed by atoms with Gasteiger partial charge in [0, 0.05) is 25.3 Å². The number of morpholine rings is 1. The average molecular weight is 367 g/mol. The smallest absolute Gasteiger partial charge is 0.286 e. The number of aryl methyl sites for hydroxylation is 1. The monoisotopic (exact) mass is 367 g/mol. The number of aromatic nitrogens is 2. The van der Waals surface area contributed by atoms with Gasteiger partial charge < -0.3 is 9.64 Å². The van der Waals surface area contributed by atoms with E-state index in [1.165, 1.54) is 10.4 Å². The summed E-state index contributed by atoms with van der Waals surface area (Å²) in [4.78, 5) is 16.7. The molecular weight excluding hydrogens is 342 g/mol. The summed E-state index contributed by atoms with van der Waals surface area (Å²) in [5, 5.41) is 13.6. The van der Waals surface area contributed by atoms with Crippen LogP contribution in [0.2, 0.25) is 0 Å². The Morgan fingerprint density at radius 3 is 2.52 bits per heavy atom. The van der Waals surface area contributed by atoms with Crippen molar-refractivity contribution in [3.63, 3.8) is 0 Å². The summed E-state index contributed by atoms with van der Waals surface area (Å²) >= 11 is 0. The Kier molecular flexibility index (Phi) is 5.89. The molecule has 1 aliphatic heterocycles. The lowest BCUT2D eigenvalue weighted by Gasteiger charge is -2.29. The zero-order chi connectivity index (χ0) is 19.4. The molecule has 1 aliphatic rings. The van der Waals surface area contributed by atoms with Crippen LogP contribution >= 0.6 is 0 Å². The Labute approximate surface area is 159 Å². The number of benzene rings is 1. The SMILES string of the molecule is Cc1nn(CN(C)Cc2ccc(N3CCOCC3)cc2)c(=O)c(C#N)c1C. The molecule has 2 aromatic rings. The number of nitriles is 1. The third-order valence-corrected chi connectivity index (χ3v) is 4.89. The van der Waals surface area contributed by atoms with Crippen LogP contribution in [0.1, 0.15) is 22.4 Å². The first kappa shape index (κ1) is 19.1. The van der Waals surface area contributed by atoms with Crippen LogP contribution in [0.4, 0.5) is 5.69 Å². The summed E-state index contributed by atoms with van der Waals surface area (Å²) in [6.07, 6.45) is 0. The summed E-state index contributed by atoms with van der Waals surface area (Å²) < 4.78 is 6.76. The lowest BCUT2D eigenvalue weighted by atomic mass is 10.1. The van der Waals surface area contributed by atoms with Crippen LogP contribution in [0.3, 0.4) is 0 Å². The molecule has 0 unspecified atom stereocenters. The van der Waals surface area contributed by atoms with Crippen molar-refractivity contribution in [2.45, 2.75) is 27.1 Å². The Morgan fingerprint density at radius 1 is 1.22 bits per heavy atom. The minimum absolute atomic E-state index is 0.172. The quantitative estimate of drug-likeness (QED) is 0.800. The van der Waals surface area contributed by atoms with Gasteiger partial charge >= 0.3 is 0 Å². The van der Waals surface area contributed by atoms with Crippen molar-refractivity contribution in [1.82, 2.24) is 14.7 Å². The third-order valence-electron chi connectivity index (χ3n) is 4.89. The van der Waals surface area contributed by atoms with E-state index in [1.54, 1.807) is 6.92 Å².